The average molecular weight is 475 g/mol. The van der Waals surface area contributed by atoms with E-state index in [4.69, 9.17) is 14.2 Å². The SMILES string of the molecule is COc1ccc2[nH]cc(CCNCC3C(=O)O[C@@H]4C[C@@]5(C)CCC[C@H](C)[C@@]56O[C@H]6[C@H]34)c2c1.Cl. The summed E-state index contributed by atoms with van der Waals surface area (Å²) in [6, 6.07) is 6.10. The van der Waals surface area contributed by atoms with Crippen molar-refractivity contribution in [3.63, 3.8) is 0 Å². The van der Waals surface area contributed by atoms with E-state index in [0.717, 1.165) is 30.7 Å². The van der Waals surface area contributed by atoms with Crippen molar-refractivity contribution < 1.29 is 19.0 Å². The summed E-state index contributed by atoms with van der Waals surface area (Å²) in [5.41, 5.74) is 2.50. The van der Waals surface area contributed by atoms with Gasteiger partial charge in [-0.15, -0.1) is 12.4 Å². The van der Waals surface area contributed by atoms with E-state index in [2.05, 4.69) is 36.4 Å². The van der Waals surface area contributed by atoms with Crippen molar-refractivity contribution in [2.24, 2.45) is 23.2 Å². The molecule has 2 saturated carbocycles. The summed E-state index contributed by atoms with van der Waals surface area (Å²) in [6.45, 7) is 6.19. The number of benzene rings is 1. The Morgan fingerprint density at radius 3 is 3.00 bits per heavy atom. The number of epoxide rings is 1. The summed E-state index contributed by atoms with van der Waals surface area (Å²) in [7, 11) is 1.69. The number of hydrogen-bond acceptors (Lipinski definition) is 5. The molecule has 180 valence electrons. The summed E-state index contributed by atoms with van der Waals surface area (Å²) in [6.07, 6.45) is 7.79. The van der Waals surface area contributed by atoms with Crippen molar-refractivity contribution in [3.8, 4) is 5.75 Å². The fourth-order valence-corrected chi connectivity index (χ4v) is 7.44. The van der Waals surface area contributed by atoms with Gasteiger partial charge in [-0.05, 0) is 61.9 Å². The minimum Gasteiger partial charge on any atom is -0.497 e. The van der Waals surface area contributed by atoms with Crippen LogP contribution in [0.3, 0.4) is 0 Å². The number of hydrogen-bond donors (Lipinski definition) is 2. The van der Waals surface area contributed by atoms with Gasteiger partial charge < -0.3 is 24.5 Å². The maximum atomic E-state index is 12.8. The number of esters is 1. The van der Waals surface area contributed by atoms with Gasteiger partial charge in [-0.1, -0.05) is 20.3 Å². The zero-order valence-electron chi connectivity index (χ0n) is 19.7. The number of H-pyrrole nitrogens is 1. The highest BCUT2D eigenvalue weighted by Crippen LogP contribution is 2.70. The minimum atomic E-state index is -0.105. The number of methoxy groups -OCH3 is 1. The topological polar surface area (TPSA) is 75.9 Å². The fraction of sp³-hybridized carbons (Fsp3) is 0.654. The Kier molecular flexibility index (Phi) is 5.70. The smallest absolute Gasteiger partial charge is 0.311 e. The van der Waals surface area contributed by atoms with Crippen LogP contribution in [-0.4, -0.2) is 49.0 Å². The normalized spacial score (nSPS) is 38.6. The van der Waals surface area contributed by atoms with E-state index in [1.807, 2.05) is 12.1 Å². The largest absolute Gasteiger partial charge is 0.497 e. The van der Waals surface area contributed by atoms with Crippen LogP contribution in [0.2, 0.25) is 0 Å². The highest BCUT2D eigenvalue weighted by atomic mass is 35.5. The molecule has 6 rings (SSSR count). The lowest BCUT2D eigenvalue weighted by Crippen LogP contribution is -2.54. The number of ether oxygens (including phenoxy) is 3. The van der Waals surface area contributed by atoms with Crippen LogP contribution in [0.25, 0.3) is 10.9 Å². The lowest BCUT2D eigenvalue weighted by molar-refractivity contribution is -0.146. The molecule has 33 heavy (non-hydrogen) atoms. The summed E-state index contributed by atoms with van der Waals surface area (Å²) in [4.78, 5) is 16.2. The summed E-state index contributed by atoms with van der Waals surface area (Å²) in [5, 5.41) is 4.74. The molecule has 0 bridgehead atoms. The third kappa shape index (κ3) is 3.32. The molecule has 2 saturated heterocycles. The van der Waals surface area contributed by atoms with E-state index in [1.54, 1.807) is 7.11 Å². The number of aromatic amines is 1. The number of rotatable bonds is 6. The second kappa shape index (κ2) is 8.17. The van der Waals surface area contributed by atoms with Crippen molar-refractivity contribution in [2.45, 2.75) is 63.8 Å². The highest BCUT2D eigenvalue weighted by molar-refractivity contribution is 5.85. The number of halogens is 1. The maximum absolute atomic E-state index is 12.8. The molecule has 2 aromatic rings. The summed E-state index contributed by atoms with van der Waals surface area (Å²) >= 11 is 0. The number of carbonyl (C=O) groups excluding carboxylic acids is 1. The third-order valence-electron chi connectivity index (χ3n) is 9.10. The fourth-order valence-electron chi connectivity index (χ4n) is 7.44. The van der Waals surface area contributed by atoms with Crippen LogP contribution >= 0.6 is 12.4 Å². The standard InChI is InChI=1S/C26H34N2O4.ClH/c1-15-5-4-9-25(2)12-21-22(23-26(15,25)32-23)19(24(29)31-21)14-27-10-8-16-13-28-20-7-6-17(30-3)11-18(16)20;/h6-7,11,13,15,19,21-23,27-28H,4-5,8-10,12,14H2,1-3H3;1H/t15-,19?,21+,22+,23-,25+,26-;/m0./s1. The van der Waals surface area contributed by atoms with Crippen molar-refractivity contribution in [1.82, 2.24) is 10.3 Å². The van der Waals surface area contributed by atoms with Crippen LogP contribution in [0.15, 0.2) is 24.4 Å². The van der Waals surface area contributed by atoms with Crippen molar-refractivity contribution in [1.29, 1.82) is 0 Å². The minimum absolute atomic E-state index is 0. The molecule has 1 unspecified atom stereocenters. The monoisotopic (exact) mass is 474 g/mol. The van der Waals surface area contributed by atoms with Gasteiger partial charge in [0.05, 0.1) is 19.1 Å². The van der Waals surface area contributed by atoms with Crippen LogP contribution < -0.4 is 10.1 Å². The molecule has 3 heterocycles. The zero-order valence-corrected chi connectivity index (χ0v) is 20.5. The van der Waals surface area contributed by atoms with Gasteiger partial charge in [-0.25, -0.2) is 0 Å². The van der Waals surface area contributed by atoms with E-state index < -0.39 is 0 Å². The second-order valence-electron chi connectivity index (χ2n) is 10.7. The second-order valence-corrected chi connectivity index (χ2v) is 10.7. The van der Waals surface area contributed by atoms with Crippen LogP contribution in [-0.2, 0) is 20.7 Å². The van der Waals surface area contributed by atoms with Gasteiger partial charge in [0, 0.05) is 35.0 Å². The zero-order chi connectivity index (χ0) is 22.1. The molecule has 2 aliphatic carbocycles. The lowest BCUT2D eigenvalue weighted by atomic mass is 9.53. The first-order valence-corrected chi connectivity index (χ1v) is 12.2. The van der Waals surface area contributed by atoms with Crippen LogP contribution in [0, 0.1) is 23.2 Å². The van der Waals surface area contributed by atoms with Gasteiger partial charge in [-0.3, -0.25) is 4.79 Å². The molecule has 1 aromatic heterocycles. The molecule has 1 aromatic carbocycles. The molecule has 4 fully saturated rings. The maximum Gasteiger partial charge on any atom is 0.311 e. The van der Waals surface area contributed by atoms with Gasteiger partial charge >= 0.3 is 5.97 Å². The number of carbonyl (C=O) groups is 1. The number of aromatic nitrogens is 1. The molecule has 6 nitrogen and oxygen atoms in total. The number of nitrogens with one attached hydrogen (secondary N) is 2. The Bertz CT molecular complexity index is 1060. The Labute approximate surface area is 201 Å². The van der Waals surface area contributed by atoms with Gasteiger partial charge in [0.25, 0.3) is 0 Å². The first kappa shape index (κ1) is 23.0. The first-order valence-electron chi connectivity index (χ1n) is 12.2. The van der Waals surface area contributed by atoms with Crippen molar-refractivity contribution in [2.75, 3.05) is 20.2 Å². The molecule has 1 spiro atoms. The van der Waals surface area contributed by atoms with Crippen LogP contribution in [0.5, 0.6) is 5.75 Å². The molecule has 7 heteroatoms. The molecule has 4 aliphatic rings. The van der Waals surface area contributed by atoms with E-state index in [0.29, 0.717) is 12.5 Å². The number of fused-ring (bicyclic) bond motifs is 3. The Morgan fingerprint density at radius 1 is 1.33 bits per heavy atom. The Morgan fingerprint density at radius 2 is 2.18 bits per heavy atom. The van der Waals surface area contributed by atoms with E-state index in [1.165, 1.54) is 30.2 Å². The Hall–Kier alpha value is -1.76. The predicted octanol–water partition coefficient (Wildman–Crippen LogP) is 4.26. The van der Waals surface area contributed by atoms with Gasteiger partial charge in [0.1, 0.15) is 17.5 Å². The third-order valence-corrected chi connectivity index (χ3v) is 9.10. The van der Waals surface area contributed by atoms with Crippen LogP contribution in [0.1, 0.15) is 45.1 Å². The predicted molar refractivity (Wildman–Crippen MR) is 129 cm³/mol. The molecule has 0 radical (unpaired) electrons. The average Bonchev–Trinajstić information content (AvgIpc) is 3.31. The Balaban J connectivity index is 0.00000228. The molecule has 7 atom stereocenters. The van der Waals surface area contributed by atoms with Crippen molar-refractivity contribution >= 4 is 29.3 Å². The molecule has 2 N–H and O–H groups in total. The highest BCUT2D eigenvalue weighted by Gasteiger charge is 2.78. The molecular formula is C26H35ClN2O4. The molecule has 0 amide bonds. The van der Waals surface area contributed by atoms with Gasteiger partial charge in [-0.2, -0.15) is 0 Å². The summed E-state index contributed by atoms with van der Waals surface area (Å²) in [5.74, 6) is 1.48. The molecule has 2 aliphatic heterocycles. The van der Waals surface area contributed by atoms with Gasteiger partial charge in [0.2, 0.25) is 0 Å². The lowest BCUT2D eigenvalue weighted by Gasteiger charge is -2.48. The van der Waals surface area contributed by atoms with E-state index in [9.17, 15) is 4.79 Å². The van der Waals surface area contributed by atoms with Gasteiger partial charge in [0.15, 0.2) is 0 Å². The summed E-state index contributed by atoms with van der Waals surface area (Å²) < 4.78 is 17.8. The first-order chi connectivity index (χ1) is 15.5. The quantitative estimate of drug-likeness (QED) is 0.372. The molecular weight excluding hydrogens is 440 g/mol. The van der Waals surface area contributed by atoms with Crippen LogP contribution in [0.4, 0.5) is 0 Å². The van der Waals surface area contributed by atoms with E-state index in [-0.39, 0.29) is 53.4 Å². The van der Waals surface area contributed by atoms with Crippen molar-refractivity contribution in [3.05, 3.63) is 30.0 Å². The van der Waals surface area contributed by atoms with E-state index >= 15 is 0 Å².